The van der Waals surface area contributed by atoms with E-state index in [9.17, 15) is 9.18 Å². The molecule has 1 fully saturated rings. The minimum absolute atomic E-state index is 0.133. The molecule has 0 aromatic heterocycles. The highest BCUT2D eigenvalue weighted by atomic mass is 32.2. The summed E-state index contributed by atoms with van der Waals surface area (Å²) in [6, 6.07) is 4.61. The van der Waals surface area contributed by atoms with Gasteiger partial charge >= 0.3 is 0 Å². The summed E-state index contributed by atoms with van der Waals surface area (Å²) in [5, 5.41) is 0. The summed E-state index contributed by atoms with van der Waals surface area (Å²) in [6.07, 6.45) is 3.47. The SMILES string of the molecule is CSC1(C(N)=S)CCN(C(=O)c2ccc(C)c(F)c2)CC1. The predicted molar refractivity (Wildman–Crippen MR) is 89.3 cm³/mol. The van der Waals surface area contributed by atoms with Crippen LogP contribution in [0.5, 0.6) is 0 Å². The number of carbonyl (C=O) groups excluding carboxylic acids is 1. The molecule has 0 bridgehead atoms. The van der Waals surface area contributed by atoms with E-state index in [1.54, 1.807) is 35.7 Å². The van der Waals surface area contributed by atoms with Gasteiger partial charge in [0.15, 0.2) is 0 Å². The van der Waals surface area contributed by atoms with Crippen molar-refractivity contribution in [2.45, 2.75) is 24.5 Å². The number of likely N-dealkylation sites (tertiary alicyclic amines) is 1. The maximum absolute atomic E-state index is 13.6. The van der Waals surface area contributed by atoms with E-state index in [0.29, 0.717) is 29.2 Å². The fraction of sp³-hybridized carbons (Fsp3) is 0.467. The lowest BCUT2D eigenvalue weighted by atomic mass is 9.95. The van der Waals surface area contributed by atoms with Crippen molar-refractivity contribution < 1.29 is 9.18 Å². The lowest BCUT2D eigenvalue weighted by Crippen LogP contribution is -2.50. The molecule has 0 radical (unpaired) electrons. The van der Waals surface area contributed by atoms with Crippen LogP contribution in [-0.2, 0) is 0 Å². The third-order valence-electron chi connectivity index (χ3n) is 4.12. The number of piperidine rings is 1. The molecule has 0 atom stereocenters. The van der Waals surface area contributed by atoms with Crippen LogP contribution in [0, 0.1) is 12.7 Å². The molecule has 1 aromatic carbocycles. The van der Waals surface area contributed by atoms with E-state index in [1.807, 2.05) is 6.26 Å². The van der Waals surface area contributed by atoms with Gasteiger partial charge in [0.25, 0.3) is 5.91 Å². The molecule has 1 aliphatic heterocycles. The Hall–Kier alpha value is -1.14. The molecule has 0 saturated carbocycles. The van der Waals surface area contributed by atoms with E-state index < -0.39 is 0 Å². The largest absolute Gasteiger partial charge is 0.392 e. The summed E-state index contributed by atoms with van der Waals surface area (Å²) in [6.45, 7) is 2.86. The summed E-state index contributed by atoms with van der Waals surface area (Å²) in [4.78, 5) is 14.7. The molecule has 0 aliphatic carbocycles. The lowest BCUT2D eigenvalue weighted by molar-refractivity contribution is 0.0718. The van der Waals surface area contributed by atoms with Gasteiger partial charge in [-0.05, 0) is 43.7 Å². The Morgan fingerprint density at radius 3 is 2.52 bits per heavy atom. The Morgan fingerprint density at radius 1 is 1.43 bits per heavy atom. The zero-order chi connectivity index (χ0) is 15.6. The number of hydrogen-bond acceptors (Lipinski definition) is 3. The molecule has 1 aliphatic rings. The molecule has 2 rings (SSSR count). The highest BCUT2D eigenvalue weighted by Crippen LogP contribution is 2.35. The molecule has 0 unspecified atom stereocenters. The standard InChI is InChI=1S/C15H19FN2OS2/c1-10-3-4-11(9-12(10)16)13(19)18-7-5-15(21-2,6-8-18)14(17)20/h3-4,9H,5-8H2,1-2H3,(H2,17,20). The molecular weight excluding hydrogens is 307 g/mol. The van der Waals surface area contributed by atoms with E-state index in [-0.39, 0.29) is 16.5 Å². The van der Waals surface area contributed by atoms with Crippen LogP contribution in [0.15, 0.2) is 18.2 Å². The second kappa shape index (κ2) is 6.32. The van der Waals surface area contributed by atoms with Gasteiger partial charge in [-0.3, -0.25) is 4.79 Å². The number of benzene rings is 1. The number of rotatable bonds is 3. The summed E-state index contributed by atoms with van der Waals surface area (Å²) in [5.74, 6) is -0.481. The van der Waals surface area contributed by atoms with Crippen molar-refractivity contribution in [3.8, 4) is 0 Å². The number of halogens is 1. The van der Waals surface area contributed by atoms with Crippen molar-refractivity contribution in [3.63, 3.8) is 0 Å². The molecule has 21 heavy (non-hydrogen) atoms. The van der Waals surface area contributed by atoms with Crippen LogP contribution in [0.25, 0.3) is 0 Å². The molecule has 1 amide bonds. The van der Waals surface area contributed by atoms with Gasteiger partial charge < -0.3 is 10.6 Å². The van der Waals surface area contributed by atoms with E-state index in [0.717, 1.165) is 12.8 Å². The molecule has 114 valence electrons. The lowest BCUT2D eigenvalue weighted by Gasteiger charge is -2.40. The first-order valence-corrected chi connectivity index (χ1v) is 8.43. The normalized spacial score (nSPS) is 17.6. The second-order valence-electron chi connectivity index (χ2n) is 5.32. The fourth-order valence-electron chi connectivity index (χ4n) is 2.53. The number of hydrogen-bond donors (Lipinski definition) is 1. The molecular formula is C15H19FN2OS2. The molecule has 1 saturated heterocycles. The van der Waals surface area contributed by atoms with Crippen molar-refractivity contribution in [3.05, 3.63) is 35.1 Å². The van der Waals surface area contributed by atoms with Crippen LogP contribution >= 0.6 is 24.0 Å². The second-order valence-corrected chi connectivity index (χ2v) is 6.95. The fourth-order valence-corrected chi connectivity index (χ4v) is 3.78. The van der Waals surface area contributed by atoms with Crippen molar-refractivity contribution in [1.82, 2.24) is 4.90 Å². The first-order valence-electron chi connectivity index (χ1n) is 6.80. The highest BCUT2D eigenvalue weighted by molar-refractivity contribution is 8.02. The molecule has 1 heterocycles. The van der Waals surface area contributed by atoms with E-state index in [2.05, 4.69) is 0 Å². The van der Waals surface area contributed by atoms with Crippen LogP contribution in [0.4, 0.5) is 4.39 Å². The number of thiocarbonyl (C=S) groups is 1. The predicted octanol–water partition coefficient (Wildman–Crippen LogP) is 2.76. The van der Waals surface area contributed by atoms with Gasteiger partial charge in [-0.2, -0.15) is 11.8 Å². The molecule has 2 N–H and O–H groups in total. The van der Waals surface area contributed by atoms with Crippen LogP contribution in [-0.4, -0.2) is 39.9 Å². The Kier molecular flexibility index (Phi) is 4.88. The summed E-state index contributed by atoms with van der Waals surface area (Å²) >= 11 is 6.81. The van der Waals surface area contributed by atoms with Crippen LogP contribution in [0.2, 0.25) is 0 Å². The van der Waals surface area contributed by atoms with Gasteiger partial charge in [0, 0.05) is 18.7 Å². The minimum atomic E-state index is -0.348. The van der Waals surface area contributed by atoms with Gasteiger partial charge in [-0.1, -0.05) is 18.3 Å². The Labute approximate surface area is 134 Å². The van der Waals surface area contributed by atoms with Crippen LogP contribution in [0.1, 0.15) is 28.8 Å². The van der Waals surface area contributed by atoms with Crippen LogP contribution in [0.3, 0.4) is 0 Å². The van der Waals surface area contributed by atoms with Crippen molar-refractivity contribution in [2.24, 2.45) is 5.73 Å². The minimum Gasteiger partial charge on any atom is -0.392 e. The first-order chi connectivity index (χ1) is 9.89. The topological polar surface area (TPSA) is 46.3 Å². The van der Waals surface area contributed by atoms with Gasteiger partial charge in [0.2, 0.25) is 0 Å². The average Bonchev–Trinajstić information content (AvgIpc) is 2.49. The molecule has 0 spiro atoms. The van der Waals surface area contributed by atoms with Crippen molar-refractivity contribution in [1.29, 1.82) is 0 Å². The molecule has 6 heteroatoms. The zero-order valence-electron chi connectivity index (χ0n) is 12.2. The maximum Gasteiger partial charge on any atom is 0.253 e. The molecule has 3 nitrogen and oxygen atoms in total. The van der Waals surface area contributed by atoms with Gasteiger partial charge in [-0.15, -0.1) is 0 Å². The van der Waals surface area contributed by atoms with Gasteiger partial charge in [0.05, 0.1) is 9.74 Å². The number of thioether (sulfide) groups is 1. The van der Waals surface area contributed by atoms with Gasteiger partial charge in [0.1, 0.15) is 5.82 Å². The summed E-state index contributed by atoms with van der Waals surface area (Å²) in [5.41, 5.74) is 6.77. The number of aryl methyl sites for hydroxylation is 1. The first kappa shape index (κ1) is 16.2. The van der Waals surface area contributed by atoms with Crippen molar-refractivity contribution in [2.75, 3.05) is 19.3 Å². The van der Waals surface area contributed by atoms with E-state index in [4.69, 9.17) is 18.0 Å². The third kappa shape index (κ3) is 3.21. The number of amides is 1. The quantitative estimate of drug-likeness (QED) is 0.868. The van der Waals surface area contributed by atoms with E-state index in [1.165, 1.54) is 6.07 Å². The average molecular weight is 326 g/mol. The maximum atomic E-state index is 13.6. The Morgan fingerprint density at radius 2 is 2.05 bits per heavy atom. The number of nitrogens with zero attached hydrogens (tertiary/aromatic N) is 1. The monoisotopic (exact) mass is 326 g/mol. The summed E-state index contributed by atoms with van der Waals surface area (Å²) in [7, 11) is 0. The number of carbonyl (C=O) groups is 1. The van der Waals surface area contributed by atoms with E-state index >= 15 is 0 Å². The Bertz CT molecular complexity index is 569. The van der Waals surface area contributed by atoms with Crippen molar-refractivity contribution >= 4 is 34.9 Å². The Balaban J connectivity index is 2.09. The van der Waals surface area contributed by atoms with Crippen LogP contribution < -0.4 is 5.73 Å². The zero-order valence-corrected chi connectivity index (χ0v) is 13.8. The smallest absolute Gasteiger partial charge is 0.253 e. The summed E-state index contributed by atoms with van der Waals surface area (Å²) < 4.78 is 13.4. The third-order valence-corrected chi connectivity index (χ3v) is 6.05. The number of nitrogens with two attached hydrogens (primary N) is 1. The van der Waals surface area contributed by atoms with Gasteiger partial charge in [-0.25, -0.2) is 4.39 Å². The molecule has 1 aromatic rings. The highest BCUT2D eigenvalue weighted by Gasteiger charge is 2.38.